The van der Waals surface area contributed by atoms with E-state index in [1.807, 2.05) is 6.07 Å². The zero-order chi connectivity index (χ0) is 14.7. The Hall–Kier alpha value is -1.50. The van der Waals surface area contributed by atoms with Gasteiger partial charge in [0, 0.05) is 20.1 Å². The second-order valence-electron chi connectivity index (χ2n) is 5.02. The van der Waals surface area contributed by atoms with Crippen LogP contribution in [0.1, 0.15) is 18.6 Å². The Morgan fingerprint density at radius 3 is 2.90 bits per heavy atom. The molecule has 1 fully saturated rings. The van der Waals surface area contributed by atoms with Gasteiger partial charge in [-0.3, -0.25) is 4.79 Å². The van der Waals surface area contributed by atoms with Gasteiger partial charge in [-0.15, -0.1) is 0 Å². The second-order valence-corrected chi connectivity index (χ2v) is 5.81. The molecule has 2 heterocycles. The summed E-state index contributed by atoms with van der Waals surface area (Å²) in [5.41, 5.74) is 5.27. The fourth-order valence-corrected chi connectivity index (χ4v) is 2.78. The van der Waals surface area contributed by atoms with Crippen LogP contribution in [0.2, 0.25) is 0 Å². The number of urea groups is 1. The molecule has 1 aliphatic rings. The molecule has 1 aromatic rings. The van der Waals surface area contributed by atoms with Crippen molar-refractivity contribution in [1.29, 1.82) is 0 Å². The van der Waals surface area contributed by atoms with Crippen LogP contribution in [-0.4, -0.2) is 41.9 Å². The topological polar surface area (TPSA) is 79.8 Å². The fourth-order valence-electron chi connectivity index (χ4n) is 2.44. The van der Waals surface area contributed by atoms with Crippen molar-refractivity contribution in [3.05, 3.63) is 22.6 Å². The number of furan rings is 1. The average Bonchev–Trinajstić information content (AvgIpc) is 2.83. The van der Waals surface area contributed by atoms with Gasteiger partial charge in [-0.1, -0.05) is 0 Å². The van der Waals surface area contributed by atoms with Crippen LogP contribution >= 0.6 is 15.9 Å². The Bertz CT molecular complexity index is 503. The third-order valence-electron chi connectivity index (χ3n) is 3.48. The molecule has 0 aliphatic carbocycles. The van der Waals surface area contributed by atoms with Crippen molar-refractivity contribution in [3.8, 4) is 0 Å². The number of nitrogens with zero attached hydrogens (tertiary/aromatic N) is 2. The highest BCUT2D eigenvalue weighted by Crippen LogP contribution is 2.20. The first-order valence-electron chi connectivity index (χ1n) is 6.51. The lowest BCUT2D eigenvalue weighted by molar-refractivity contribution is -0.136. The van der Waals surface area contributed by atoms with Gasteiger partial charge in [0.1, 0.15) is 5.76 Å². The van der Waals surface area contributed by atoms with E-state index in [9.17, 15) is 9.59 Å². The number of carbonyl (C=O) groups excluding carboxylic acids is 2. The first-order valence-corrected chi connectivity index (χ1v) is 7.30. The number of hydrogen-bond donors (Lipinski definition) is 1. The Kier molecular flexibility index (Phi) is 4.69. The Labute approximate surface area is 126 Å². The smallest absolute Gasteiger partial charge is 0.314 e. The van der Waals surface area contributed by atoms with Crippen LogP contribution in [-0.2, 0) is 11.3 Å². The molecule has 3 amide bonds. The molecule has 0 bridgehead atoms. The number of rotatable bonds is 3. The quantitative estimate of drug-likeness (QED) is 0.908. The number of halogens is 1. The number of primary amides is 1. The predicted octanol–water partition coefficient (Wildman–Crippen LogP) is 1.79. The normalized spacial score (nSPS) is 18.9. The summed E-state index contributed by atoms with van der Waals surface area (Å²) in [5, 5.41) is 0. The van der Waals surface area contributed by atoms with E-state index in [1.165, 1.54) is 4.90 Å². The van der Waals surface area contributed by atoms with Gasteiger partial charge < -0.3 is 20.0 Å². The average molecular weight is 344 g/mol. The van der Waals surface area contributed by atoms with Crippen LogP contribution in [0, 0.1) is 5.92 Å². The van der Waals surface area contributed by atoms with Gasteiger partial charge in [-0.25, -0.2) is 4.79 Å². The van der Waals surface area contributed by atoms with Gasteiger partial charge in [0.2, 0.25) is 5.91 Å². The van der Waals surface area contributed by atoms with E-state index in [0.29, 0.717) is 24.3 Å². The van der Waals surface area contributed by atoms with Gasteiger partial charge >= 0.3 is 6.03 Å². The van der Waals surface area contributed by atoms with Crippen LogP contribution in [0.5, 0.6) is 0 Å². The van der Waals surface area contributed by atoms with Crippen molar-refractivity contribution in [2.75, 3.05) is 20.1 Å². The summed E-state index contributed by atoms with van der Waals surface area (Å²) in [7, 11) is 1.74. The van der Waals surface area contributed by atoms with Crippen LogP contribution in [0.15, 0.2) is 21.2 Å². The predicted molar refractivity (Wildman–Crippen MR) is 76.8 cm³/mol. The third kappa shape index (κ3) is 3.53. The van der Waals surface area contributed by atoms with Gasteiger partial charge in [0.05, 0.1) is 12.5 Å². The molecule has 1 atom stereocenters. The van der Waals surface area contributed by atoms with E-state index in [0.717, 1.165) is 18.6 Å². The van der Waals surface area contributed by atoms with Gasteiger partial charge in [-0.05, 0) is 40.9 Å². The first-order chi connectivity index (χ1) is 9.47. The number of carbonyl (C=O) groups is 2. The first kappa shape index (κ1) is 14.9. The molecule has 1 aromatic heterocycles. The molecule has 20 heavy (non-hydrogen) atoms. The molecule has 1 aliphatic heterocycles. The summed E-state index contributed by atoms with van der Waals surface area (Å²) < 4.78 is 6.03. The van der Waals surface area contributed by atoms with Gasteiger partial charge in [0.25, 0.3) is 0 Å². The Balaban J connectivity index is 1.94. The molecule has 2 N–H and O–H groups in total. The summed E-state index contributed by atoms with van der Waals surface area (Å²) in [6, 6.07) is 3.16. The van der Waals surface area contributed by atoms with Crippen LogP contribution in [0.3, 0.4) is 0 Å². The van der Waals surface area contributed by atoms with Crippen molar-refractivity contribution >= 4 is 27.9 Å². The summed E-state index contributed by atoms with van der Waals surface area (Å²) in [4.78, 5) is 26.7. The van der Waals surface area contributed by atoms with E-state index < -0.39 is 6.03 Å². The Morgan fingerprint density at radius 1 is 1.55 bits per heavy atom. The number of hydrogen-bond acceptors (Lipinski definition) is 3. The van der Waals surface area contributed by atoms with Gasteiger partial charge in [0.15, 0.2) is 4.67 Å². The zero-order valence-electron chi connectivity index (χ0n) is 11.3. The summed E-state index contributed by atoms with van der Waals surface area (Å²) in [5.74, 6) is 0.554. The SMILES string of the molecule is CN(Cc1ccc(Br)o1)C(=O)[C@@H]1CCCN(C(N)=O)C1. The van der Waals surface area contributed by atoms with E-state index in [2.05, 4.69) is 15.9 Å². The lowest BCUT2D eigenvalue weighted by Crippen LogP contribution is -2.47. The molecule has 0 spiro atoms. The highest BCUT2D eigenvalue weighted by Gasteiger charge is 2.29. The monoisotopic (exact) mass is 343 g/mol. The summed E-state index contributed by atoms with van der Waals surface area (Å²) in [6.07, 6.45) is 1.59. The van der Waals surface area contributed by atoms with E-state index in [1.54, 1.807) is 18.0 Å². The molecule has 7 heteroatoms. The minimum Gasteiger partial charge on any atom is -0.452 e. The molecule has 110 valence electrons. The third-order valence-corrected chi connectivity index (χ3v) is 3.91. The van der Waals surface area contributed by atoms with Crippen LogP contribution in [0.4, 0.5) is 4.79 Å². The molecule has 0 aromatic carbocycles. The highest BCUT2D eigenvalue weighted by molar-refractivity contribution is 9.10. The maximum absolute atomic E-state index is 12.4. The maximum atomic E-state index is 12.4. The largest absolute Gasteiger partial charge is 0.452 e. The lowest BCUT2D eigenvalue weighted by atomic mass is 9.97. The molecule has 2 rings (SSSR count). The minimum atomic E-state index is -0.458. The van der Waals surface area contributed by atoms with E-state index >= 15 is 0 Å². The highest BCUT2D eigenvalue weighted by atomic mass is 79.9. The minimum absolute atomic E-state index is 0.0171. The Morgan fingerprint density at radius 2 is 2.30 bits per heavy atom. The lowest BCUT2D eigenvalue weighted by Gasteiger charge is -2.32. The molecule has 0 unspecified atom stereocenters. The number of nitrogens with two attached hydrogens (primary N) is 1. The number of likely N-dealkylation sites (tertiary alicyclic amines) is 1. The van der Waals surface area contributed by atoms with E-state index in [4.69, 9.17) is 10.2 Å². The molecular weight excluding hydrogens is 326 g/mol. The van der Waals surface area contributed by atoms with Crippen LogP contribution < -0.4 is 5.73 Å². The molecule has 1 saturated heterocycles. The van der Waals surface area contributed by atoms with Crippen molar-refractivity contribution in [1.82, 2.24) is 9.80 Å². The molecule has 0 radical (unpaired) electrons. The number of piperidine rings is 1. The van der Waals surface area contributed by atoms with Crippen molar-refractivity contribution in [2.24, 2.45) is 11.7 Å². The van der Waals surface area contributed by atoms with Crippen molar-refractivity contribution < 1.29 is 14.0 Å². The van der Waals surface area contributed by atoms with Crippen molar-refractivity contribution in [3.63, 3.8) is 0 Å². The molecule has 0 saturated carbocycles. The standard InChI is InChI=1S/C13H18BrN3O3/c1-16(8-10-4-5-11(14)20-10)12(18)9-3-2-6-17(7-9)13(15)19/h4-5,9H,2-3,6-8H2,1H3,(H2,15,19)/t9-/m1/s1. The zero-order valence-corrected chi connectivity index (χ0v) is 12.9. The number of amides is 3. The van der Waals surface area contributed by atoms with Gasteiger partial charge in [-0.2, -0.15) is 0 Å². The molecular formula is C13H18BrN3O3. The van der Waals surface area contributed by atoms with Crippen molar-refractivity contribution in [2.45, 2.75) is 19.4 Å². The second kappa shape index (κ2) is 6.30. The maximum Gasteiger partial charge on any atom is 0.314 e. The van der Waals surface area contributed by atoms with Crippen LogP contribution in [0.25, 0.3) is 0 Å². The van der Waals surface area contributed by atoms with E-state index in [-0.39, 0.29) is 11.8 Å². The molecule has 6 nitrogen and oxygen atoms in total. The summed E-state index contributed by atoms with van der Waals surface area (Å²) in [6.45, 7) is 1.45. The summed E-state index contributed by atoms with van der Waals surface area (Å²) >= 11 is 3.23. The fraction of sp³-hybridized carbons (Fsp3) is 0.538.